The molecule has 0 aliphatic rings. The summed E-state index contributed by atoms with van der Waals surface area (Å²) >= 11 is 0. The number of halogens is 3. The van der Waals surface area contributed by atoms with Crippen molar-refractivity contribution in [2.24, 2.45) is 4.99 Å². The highest BCUT2D eigenvalue weighted by Crippen LogP contribution is 2.29. The number of rotatable bonds is 9. The number of aromatic nitrogens is 3. The molecular formula is C20H29F3N6. The zero-order valence-corrected chi connectivity index (χ0v) is 17.1. The number of guanidine groups is 1. The maximum Gasteiger partial charge on any atom is 0.416 e. The molecule has 1 aromatic heterocycles. The topological polar surface area (TPSA) is 67.1 Å². The first-order valence-electron chi connectivity index (χ1n) is 9.91. The van der Waals surface area contributed by atoms with Gasteiger partial charge in [-0.15, -0.1) is 10.2 Å². The molecule has 0 aliphatic heterocycles. The molecule has 0 bridgehead atoms. The Labute approximate surface area is 169 Å². The molecule has 0 radical (unpaired) electrons. The second kappa shape index (κ2) is 10.8. The standard InChI is InChI=1S/C20H29F3N6/c1-4-15(3)27-19(25-12-13-29-14-26-28-18(29)5-2)24-11-10-16-6-8-17(9-7-16)20(21,22)23/h6-9,14-15H,4-5,10-13H2,1-3H3,(H2,24,25,27). The number of aryl methyl sites for hydroxylation is 1. The van der Waals surface area contributed by atoms with E-state index in [9.17, 15) is 13.2 Å². The predicted octanol–water partition coefficient (Wildman–Crippen LogP) is 3.44. The molecule has 2 N–H and O–H groups in total. The van der Waals surface area contributed by atoms with E-state index in [1.807, 2.05) is 11.5 Å². The van der Waals surface area contributed by atoms with Crippen molar-refractivity contribution >= 4 is 5.96 Å². The summed E-state index contributed by atoms with van der Waals surface area (Å²) in [6, 6.07) is 5.49. The van der Waals surface area contributed by atoms with Crippen LogP contribution in [0.1, 0.15) is 44.1 Å². The zero-order chi connectivity index (χ0) is 21.3. The summed E-state index contributed by atoms with van der Waals surface area (Å²) in [6.45, 7) is 8.05. The van der Waals surface area contributed by atoms with Crippen molar-refractivity contribution in [1.29, 1.82) is 0 Å². The highest BCUT2D eigenvalue weighted by Gasteiger charge is 2.29. The van der Waals surface area contributed by atoms with E-state index in [4.69, 9.17) is 0 Å². The lowest BCUT2D eigenvalue weighted by atomic mass is 10.1. The zero-order valence-electron chi connectivity index (χ0n) is 17.1. The minimum absolute atomic E-state index is 0.258. The van der Waals surface area contributed by atoms with Crippen LogP contribution in [0.2, 0.25) is 0 Å². The van der Waals surface area contributed by atoms with Gasteiger partial charge in [0.15, 0.2) is 5.96 Å². The van der Waals surface area contributed by atoms with Gasteiger partial charge in [0.1, 0.15) is 12.2 Å². The van der Waals surface area contributed by atoms with Gasteiger partial charge in [0, 0.05) is 32.1 Å². The molecule has 6 nitrogen and oxygen atoms in total. The molecule has 0 saturated carbocycles. The number of nitrogens with zero attached hydrogens (tertiary/aromatic N) is 4. The quantitative estimate of drug-likeness (QED) is 0.491. The fourth-order valence-corrected chi connectivity index (χ4v) is 2.68. The maximum absolute atomic E-state index is 12.7. The number of nitrogens with one attached hydrogen (secondary N) is 2. The summed E-state index contributed by atoms with van der Waals surface area (Å²) in [7, 11) is 0. The van der Waals surface area contributed by atoms with E-state index in [-0.39, 0.29) is 6.04 Å². The van der Waals surface area contributed by atoms with Crippen LogP contribution in [0.15, 0.2) is 35.6 Å². The van der Waals surface area contributed by atoms with Crippen molar-refractivity contribution in [2.45, 2.75) is 58.8 Å². The highest BCUT2D eigenvalue weighted by molar-refractivity contribution is 5.80. The molecule has 1 aromatic carbocycles. The molecule has 160 valence electrons. The van der Waals surface area contributed by atoms with Crippen molar-refractivity contribution in [3.05, 3.63) is 47.5 Å². The van der Waals surface area contributed by atoms with Gasteiger partial charge in [-0.1, -0.05) is 26.0 Å². The van der Waals surface area contributed by atoms with Crippen LogP contribution >= 0.6 is 0 Å². The second-order valence-corrected chi connectivity index (χ2v) is 6.85. The minimum Gasteiger partial charge on any atom is -0.355 e. The summed E-state index contributed by atoms with van der Waals surface area (Å²) < 4.78 is 40.0. The average molecular weight is 410 g/mol. The Morgan fingerprint density at radius 3 is 2.55 bits per heavy atom. The van der Waals surface area contributed by atoms with Crippen molar-refractivity contribution in [2.75, 3.05) is 13.1 Å². The third-order valence-electron chi connectivity index (χ3n) is 4.60. The molecule has 0 aliphatic carbocycles. The van der Waals surface area contributed by atoms with Crippen molar-refractivity contribution in [3.63, 3.8) is 0 Å². The lowest BCUT2D eigenvalue weighted by Gasteiger charge is -2.17. The maximum atomic E-state index is 12.7. The number of aliphatic imine (C=N–C) groups is 1. The lowest BCUT2D eigenvalue weighted by molar-refractivity contribution is -0.137. The summed E-state index contributed by atoms with van der Waals surface area (Å²) in [6.07, 6.45) is -0.262. The number of benzene rings is 1. The molecule has 29 heavy (non-hydrogen) atoms. The van der Waals surface area contributed by atoms with Gasteiger partial charge in [-0.25, -0.2) is 0 Å². The Morgan fingerprint density at radius 1 is 1.21 bits per heavy atom. The van der Waals surface area contributed by atoms with E-state index in [2.05, 4.69) is 39.7 Å². The van der Waals surface area contributed by atoms with E-state index < -0.39 is 11.7 Å². The number of hydrogen-bond acceptors (Lipinski definition) is 3. The first kappa shape index (κ1) is 22.7. The Hall–Kier alpha value is -2.58. The van der Waals surface area contributed by atoms with Crippen LogP contribution in [0.25, 0.3) is 0 Å². The van der Waals surface area contributed by atoms with Gasteiger partial charge >= 0.3 is 6.18 Å². The summed E-state index contributed by atoms with van der Waals surface area (Å²) in [4.78, 5) is 4.57. The molecule has 0 amide bonds. The molecule has 1 atom stereocenters. The lowest BCUT2D eigenvalue weighted by Crippen LogP contribution is -2.43. The van der Waals surface area contributed by atoms with Crippen LogP contribution in [0.3, 0.4) is 0 Å². The van der Waals surface area contributed by atoms with Crippen LogP contribution in [0.4, 0.5) is 13.2 Å². The molecule has 2 aromatic rings. The molecule has 1 heterocycles. The van der Waals surface area contributed by atoms with Gasteiger partial charge in [-0.05, 0) is 37.5 Å². The van der Waals surface area contributed by atoms with Crippen LogP contribution in [-0.4, -0.2) is 39.9 Å². The van der Waals surface area contributed by atoms with Crippen LogP contribution < -0.4 is 10.6 Å². The SMILES string of the molecule is CCc1nncn1CCNC(=NCCc1ccc(C(F)(F)F)cc1)NC(C)CC. The van der Waals surface area contributed by atoms with E-state index in [0.29, 0.717) is 25.5 Å². The fraction of sp³-hybridized carbons (Fsp3) is 0.550. The first-order chi connectivity index (χ1) is 13.8. The Balaban J connectivity index is 1.91. The molecule has 2 rings (SSSR count). The molecule has 9 heteroatoms. The van der Waals surface area contributed by atoms with Crippen LogP contribution in [0.5, 0.6) is 0 Å². The smallest absolute Gasteiger partial charge is 0.355 e. The van der Waals surface area contributed by atoms with Crippen LogP contribution in [0, 0.1) is 0 Å². The van der Waals surface area contributed by atoms with Crippen molar-refractivity contribution < 1.29 is 13.2 Å². The van der Waals surface area contributed by atoms with Crippen LogP contribution in [-0.2, 0) is 25.6 Å². The monoisotopic (exact) mass is 410 g/mol. The molecule has 1 unspecified atom stereocenters. The van der Waals surface area contributed by atoms with Gasteiger partial charge in [0.2, 0.25) is 0 Å². The molecular weight excluding hydrogens is 381 g/mol. The Morgan fingerprint density at radius 2 is 1.93 bits per heavy atom. The summed E-state index contributed by atoms with van der Waals surface area (Å²) in [5, 5.41) is 14.6. The molecule has 0 spiro atoms. The van der Waals surface area contributed by atoms with Gasteiger partial charge in [-0.2, -0.15) is 13.2 Å². The van der Waals surface area contributed by atoms with Gasteiger partial charge in [0.25, 0.3) is 0 Å². The number of hydrogen-bond donors (Lipinski definition) is 2. The summed E-state index contributed by atoms with van der Waals surface area (Å²) in [5.41, 5.74) is 0.188. The minimum atomic E-state index is -4.31. The normalized spacial score (nSPS) is 13.4. The average Bonchev–Trinajstić information content (AvgIpc) is 3.15. The van der Waals surface area contributed by atoms with Gasteiger partial charge in [-0.3, -0.25) is 4.99 Å². The fourth-order valence-electron chi connectivity index (χ4n) is 2.68. The third kappa shape index (κ3) is 7.40. The van der Waals surface area contributed by atoms with E-state index in [0.717, 1.165) is 42.9 Å². The largest absolute Gasteiger partial charge is 0.416 e. The van der Waals surface area contributed by atoms with E-state index in [1.54, 1.807) is 6.33 Å². The predicted molar refractivity (Wildman–Crippen MR) is 108 cm³/mol. The Bertz CT molecular complexity index is 767. The number of alkyl halides is 3. The Kier molecular flexibility index (Phi) is 8.48. The van der Waals surface area contributed by atoms with Gasteiger partial charge < -0.3 is 15.2 Å². The summed E-state index contributed by atoms with van der Waals surface area (Å²) in [5.74, 6) is 1.62. The van der Waals surface area contributed by atoms with E-state index in [1.165, 1.54) is 12.1 Å². The van der Waals surface area contributed by atoms with Crippen molar-refractivity contribution in [3.8, 4) is 0 Å². The molecule has 0 saturated heterocycles. The second-order valence-electron chi connectivity index (χ2n) is 6.85. The first-order valence-corrected chi connectivity index (χ1v) is 9.91. The molecule has 0 fully saturated rings. The third-order valence-corrected chi connectivity index (χ3v) is 4.60. The highest BCUT2D eigenvalue weighted by atomic mass is 19.4. The van der Waals surface area contributed by atoms with Gasteiger partial charge in [0.05, 0.1) is 5.56 Å². The van der Waals surface area contributed by atoms with Crippen molar-refractivity contribution in [1.82, 2.24) is 25.4 Å². The van der Waals surface area contributed by atoms with E-state index >= 15 is 0 Å².